The van der Waals surface area contributed by atoms with Gasteiger partial charge in [0.15, 0.2) is 11.8 Å². The second kappa shape index (κ2) is 5.99. The minimum Gasteiger partial charge on any atom is -0.429 e. The van der Waals surface area contributed by atoms with Gasteiger partial charge in [-0.2, -0.15) is 9.98 Å². The summed E-state index contributed by atoms with van der Waals surface area (Å²) in [5.74, 6) is 2.88. The molecule has 0 unspecified atom stereocenters. The van der Waals surface area contributed by atoms with E-state index in [0.29, 0.717) is 11.8 Å². The van der Waals surface area contributed by atoms with Crippen molar-refractivity contribution >= 4 is 23.4 Å². The highest BCUT2D eigenvalue weighted by molar-refractivity contribution is 5.91. The van der Waals surface area contributed by atoms with Crippen LogP contribution in [0.25, 0.3) is 0 Å². The van der Waals surface area contributed by atoms with Crippen molar-refractivity contribution in [1.82, 2.24) is 9.13 Å². The molecule has 112 valence electrons. The van der Waals surface area contributed by atoms with E-state index < -0.39 is 0 Å². The summed E-state index contributed by atoms with van der Waals surface area (Å²) in [5, 5.41) is 0. The zero-order valence-corrected chi connectivity index (χ0v) is 13.5. The predicted molar refractivity (Wildman–Crippen MR) is 86.9 cm³/mol. The van der Waals surface area contributed by atoms with Gasteiger partial charge in [-0.25, -0.2) is 0 Å². The van der Waals surface area contributed by atoms with Crippen LogP contribution in [0.4, 0.5) is 11.6 Å². The van der Waals surface area contributed by atoms with Gasteiger partial charge in [0.1, 0.15) is 11.6 Å². The van der Waals surface area contributed by atoms with Crippen LogP contribution in [0.15, 0.2) is 34.3 Å². The molecule has 5 nitrogen and oxygen atoms in total. The van der Waals surface area contributed by atoms with Crippen LogP contribution < -0.4 is 0 Å². The predicted octanol–water partition coefficient (Wildman–Crippen LogP) is 3.80. The van der Waals surface area contributed by atoms with E-state index in [0.717, 1.165) is 23.0 Å². The van der Waals surface area contributed by atoms with Gasteiger partial charge in [0.25, 0.3) is 0 Å². The number of rotatable bonds is 2. The maximum absolute atomic E-state index is 5.66. The smallest absolute Gasteiger partial charge is 0.195 e. The first-order valence-corrected chi connectivity index (χ1v) is 6.91. The minimum atomic E-state index is 0.573. The molecule has 0 aliphatic rings. The Morgan fingerprint density at radius 3 is 1.48 bits per heavy atom. The second-order valence-electron chi connectivity index (χ2n) is 5.15. The van der Waals surface area contributed by atoms with Gasteiger partial charge in [0.2, 0.25) is 0 Å². The molecule has 0 aromatic carbocycles. The van der Waals surface area contributed by atoms with Gasteiger partial charge in [0, 0.05) is 39.3 Å². The van der Waals surface area contributed by atoms with Crippen molar-refractivity contribution in [3.8, 4) is 0 Å². The Morgan fingerprint density at radius 1 is 0.810 bits per heavy atom. The third kappa shape index (κ3) is 3.42. The average Bonchev–Trinajstić information content (AvgIpc) is 2.89. The normalized spacial score (nSPS) is 12.9. The van der Waals surface area contributed by atoms with Crippen molar-refractivity contribution in [2.45, 2.75) is 27.7 Å². The summed E-state index contributed by atoms with van der Waals surface area (Å²) < 4.78 is 9.69. The Labute approximate surface area is 125 Å². The summed E-state index contributed by atoms with van der Waals surface area (Å²) in [6, 6.07) is 7.99. The largest absolute Gasteiger partial charge is 0.429 e. The van der Waals surface area contributed by atoms with Gasteiger partial charge in [0.05, 0.1) is 0 Å². The fourth-order valence-corrected chi connectivity index (χ4v) is 2.01. The lowest BCUT2D eigenvalue weighted by Gasteiger charge is -2.06. The summed E-state index contributed by atoms with van der Waals surface area (Å²) >= 11 is 0. The van der Waals surface area contributed by atoms with E-state index in [1.54, 1.807) is 0 Å². The van der Waals surface area contributed by atoms with Crippen molar-refractivity contribution in [1.29, 1.82) is 0 Å². The average molecular weight is 286 g/mol. The van der Waals surface area contributed by atoms with E-state index in [4.69, 9.17) is 4.74 Å². The SMILES string of the molecule is CC(=Nc1ccc(C)n1C)OC(C)=Nc1ccc(C)n1C. The molecule has 2 aromatic rings. The Bertz CT molecular complexity index is 644. The molecule has 2 heterocycles. The highest BCUT2D eigenvalue weighted by Crippen LogP contribution is 2.17. The Kier molecular flexibility index (Phi) is 4.31. The van der Waals surface area contributed by atoms with E-state index in [1.807, 2.05) is 75.2 Å². The Balaban J connectivity index is 2.13. The topological polar surface area (TPSA) is 43.8 Å². The van der Waals surface area contributed by atoms with Gasteiger partial charge in [-0.05, 0) is 38.1 Å². The quantitative estimate of drug-likeness (QED) is 0.611. The lowest BCUT2D eigenvalue weighted by molar-refractivity contribution is 0.535. The van der Waals surface area contributed by atoms with Crippen molar-refractivity contribution < 1.29 is 4.74 Å². The number of aliphatic imine (C=N–C) groups is 2. The highest BCUT2D eigenvalue weighted by Gasteiger charge is 2.04. The third-order valence-corrected chi connectivity index (χ3v) is 3.53. The van der Waals surface area contributed by atoms with Crippen molar-refractivity contribution in [3.05, 3.63) is 35.7 Å². The molecule has 0 spiro atoms. The van der Waals surface area contributed by atoms with Crippen LogP contribution in [0.1, 0.15) is 25.2 Å². The molecule has 5 heteroatoms. The molecule has 0 aliphatic heterocycles. The zero-order chi connectivity index (χ0) is 15.6. The van der Waals surface area contributed by atoms with E-state index in [2.05, 4.69) is 9.98 Å². The standard InChI is InChI=1S/C16H22N4O/c1-11-7-9-15(19(11)5)17-13(3)21-14(4)18-16-10-8-12(2)20(16)6/h7-10H,1-6H3. The first-order valence-electron chi connectivity index (χ1n) is 6.91. The fraction of sp³-hybridized carbons (Fsp3) is 0.375. The first-order chi connectivity index (χ1) is 9.88. The number of hydrogen-bond donors (Lipinski definition) is 0. The van der Waals surface area contributed by atoms with Crippen LogP contribution in [0.2, 0.25) is 0 Å². The molecule has 0 saturated carbocycles. The van der Waals surface area contributed by atoms with Crippen LogP contribution in [0.3, 0.4) is 0 Å². The summed E-state index contributed by atoms with van der Waals surface area (Å²) in [6.45, 7) is 7.74. The molecule has 2 rings (SSSR count). The number of aromatic nitrogens is 2. The van der Waals surface area contributed by atoms with Crippen LogP contribution >= 0.6 is 0 Å². The van der Waals surface area contributed by atoms with E-state index in [1.165, 1.54) is 0 Å². The minimum absolute atomic E-state index is 0.573. The summed E-state index contributed by atoms with van der Waals surface area (Å²) in [7, 11) is 3.96. The molecule has 0 fully saturated rings. The molecule has 0 atom stereocenters. The van der Waals surface area contributed by atoms with Gasteiger partial charge in [-0.15, -0.1) is 0 Å². The van der Waals surface area contributed by atoms with E-state index in [9.17, 15) is 0 Å². The maximum atomic E-state index is 5.66. The van der Waals surface area contributed by atoms with E-state index in [-0.39, 0.29) is 0 Å². The first kappa shape index (κ1) is 15.1. The molecule has 0 radical (unpaired) electrons. The number of aryl methyl sites for hydroxylation is 2. The summed E-state index contributed by atoms with van der Waals surface area (Å²) in [6.07, 6.45) is 0. The lowest BCUT2D eigenvalue weighted by atomic mass is 10.5. The van der Waals surface area contributed by atoms with Gasteiger partial charge in [-0.1, -0.05) is 0 Å². The second-order valence-corrected chi connectivity index (χ2v) is 5.15. The molecule has 2 aromatic heterocycles. The zero-order valence-electron chi connectivity index (χ0n) is 13.5. The lowest BCUT2D eigenvalue weighted by Crippen LogP contribution is -2.06. The Morgan fingerprint density at radius 2 is 1.19 bits per heavy atom. The molecule has 0 aliphatic carbocycles. The highest BCUT2D eigenvalue weighted by atomic mass is 16.5. The summed E-state index contributed by atoms with van der Waals surface area (Å²) in [5.41, 5.74) is 2.32. The molecule has 21 heavy (non-hydrogen) atoms. The van der Waals surface area contributed by atoms with Gasteiger partial charge >= 0.3 is 0 Å². The van der Waals surface area contributed by atoms with Gasteiger partial charge in [-0.3, -0.25) is 0 Å². The van der Waals surface area contributed by atoms with E-state index >= 15 is 0 Å². The molecule has 0 amide bonds. The third-order valence-electron chi connectivity index (χ3n) is 3.53. The van der Waals surface area contributed by atoms with Gasteiger partial charge < -0.3 is 13.9 Å². The van der Waals surface area contributed by atoms with Crippen molar-refractivity contribution in [2.75, 3.05) is 0 Å². The monoisotopic (exact) mass is 286 g/mol. The maximum Gasteiger partial charge on any atom is 0.195 e. The number of ether oxygens (including phenoxy) is 1. The summed E-state index contributed by atoms with van der Waals surface area (Å²) in [4.78, 5) is 8.92. The molecular weight excluding hydrogens is 264 g/mol. The van der Waals surface area contributed by atoms with Crippen molar-refractivity contribution in [3.63, 3.8) is 0 Å². The van der Waals surface area contributed by atoms with Crippen LogP contribution in [-0.4, -0.2) is 20.9 Å². The van der Waals surface area contributed by atoms with Crippen LogP contribution in [0.5, 0.6) is 0 Å². The molecule has 0 N–H and O–H groups in total. The number of hydrogen-bond acceptors (Lipinski definition) is 3. The molecule has 0 saturated heterocycles. The van der Waals surface area contributed by atoms with Crippen LogP contribution in [-0.2, 0) is 18.8 Å². The van der Waals surface area contributed by atoms with Crippen LogP contribution in [0, 0.1) is 13.8 Å². The number of nitrogens with zero attached hydrogens (tertiary/aromatic N) is 4. The Hall–Kier alpha value is -2.30. The molecule has 0 bridgehead atoms. The molecular formula is C16H22N4O. The fourth-order valence-electron chi connectivity index (χ4n) is 2.01. The van der Waals surface area contributed by atoms with Crippen molar-refractivity contribution in [2.24, 2.45) is 24.1 Å².